The minimum absolute atomic E-state index is 0.223. The van der Waals surface area contributed by atoms with Crippen molar-refractivity contribution in [3.05, 3.63) is 71.8 Å². The number of hydrogen-bond acceptors (Lipinski definition) is 4. The Hall–Kier alpha value is -2.66. The molecule has 2 rings (SSSR count). The molecule has 1 amide bonds. The maximum Gasteiger partial charge on any atom is 0.328 e. The summed E-state index contributed by atoms with van der Waals surface area (Å²) in [4.78, 5) is 24.6. The van der Waals surface area contributed by atoms with Crippen LogP contribution >= 0.6 is 0 Å². The summed E-state index contributed by atoms with van der Waals surface area (Å²) < 4.78 is 4.89. The molecule has 2 N–H and O–H groups in total. The lowest BCUT2D eigenvalue weighted by molar-refractivity contribution is -0.149. The first-order valence-electron chi connectivity index (χ1n) is 7.81. The molecule has 0 fully saturated rings. The van der Waals surface area contributed by atoms with Crippen molar-refractivity contribution >= 4 is 11.9 Å². The van der Waals surface area contributed by atoms with Crippen molar-refractivity contribution in [2.24, 2.45) is 0 Å². The zero-order chi connectivity index (χ0) is 17.6. The molecule has 0 radical (unpaired) electrons. The third-order valence-electron chi connectivity index (χ3n) is 3.70. The molecular weight excluding hydrogens is 306 g/mol. The molecule has 0 spiro atoms. The molecule has 24 heavy (non-hydrogen) atoms. The van der Waals surface area contributed by atoms with Crippen molar-refractivity contribution in [2.45, 2.75) is 25.5 Å². The summed E-state index contributed by atoms with van der Waals surface area (Å²) in [5.41, 5.74) is -1.06. The Morgan fingerprint density at radius 1 is 1.04 bits per heavy atom. The summed E-state index contributed by atoms with van der Waals surface area (Å²) in [5.74, 6) is -1.23. The normalized spacial score (nSPS) is 12.3. The third kappa shape index (κ3) is 3.63. The smallest absolute Gasteiger partial charge is 0.328 e. The van der Waals surface area contributed by atoms with Gasteiger partial charge in [-0.05, 0) is 25.0 Å². The van der Waals surface area contributed by atoms with Gasteiger partial charge in [0.15, 0.2) is 5.60 Å². The van der Waals surface area contributed by atoms with E-state index in [-0.39, 0.29) is 6.61 Å². The van der Waals surface area contributed by atoms with Crippen molar-refractivity contribution in [3.8, 4) is 0 Å². The van der Waals surface area contributed by atoms with Gasteiger partial charge in [0.1, 0.15) is 6.04 Å². The van der Waals surface area contributed by atoms with Crippen LogP contribution < -0.4 is 5.32 Å². The molecule has 2 aromatic carbocycles. The minimum Gasteiger partial charge on any atom is -0.464 e. The van der Waals surface area contributed by atoms with Crippen LogP contribution in [0.15, 0.2) is 60.7 Å². The minimum atomic E-state index is -1.90. The number of nitrogens with one attached hydrogen (secondary N) is 1. The summed E-state index contributed by atoms with van der Waals surface area (Å²) in [5, 5.41) is 13.8. The first kappa shape index (κ1) is 17.7. The Morgan fingerprint density at radius 3 is 1.92 bits per heavy atom. The van der Waals surface area contributed by atoms with Crippen LogP contribution in [0.3, 0.4) is 0 Å². The standard InChI is InChI=1S/C19H21NO4/c1-3-24-17(21)14(2)20-18(22)19(23,15-10-6-4-7-11-15)16-12-8-5-9-13-16/h4-14,23H,3H2,1-2H3,(H,20,22). The van der Waals surface area contributed by atoms with Gasteiger partial charge in [0.05, 0.1) is 6.61 Å². The van der Waals surface area contributed by atoms with Gasteiger partial charge < -0.3 is 15.2 Å². The lowest BCUT2D eigenvalue weighted by atomic mass is 9.85. The van der Waals surface area contributed by atoms with Crippen molar-refractivity contribution in [1.29, 1.82) is 0 Å². The van der Waals surface area contributed by atoms with Gasteiger partial charge in [0.25, 0.3) is 5.91 Å². The number of ether oxygens (including phenoxy) is 1. The second-order valence-corrected chi connectivity index (χ2v) is 5.39. The van der Waals surface area contributed by atoms with Gasteiger partial charge in [-0.25, -0.2) is 4.79 Å². The van der Waals surface area contributed by atoms with Crippen LogP contribution in [-0.4, -0.2) is 29.6 Å². The van der Waals surface area contributed by atoms with Crippen LogP contribution in [0.5, 0.6) is 0 Å². The number of rotatable bonds is 6. The summed E-state index contributed by atoms with van der Waals surface area (Å²) in [6, 6.07) is 16.4. The molecule has 5 heteroatoms. The summed E-state index contributed by atoms with van der Waals surface area (Å²) in [6.45, 7) is 3.43. The van der Waals surface area contributed by atoms with Gasteiger partial charge in [-0.2, -0.15) is 0 Å². The molecule has 126 valence electrons. The number of benzene rings is 2. The predicted octanol–water partition coefficient (Wildman–Crippen LogP) is 1.99. The average molecular weight is 327 g/mol. The molecule has 5 nitrogen and oxygen atoms in total. The Kier molecular flexibility index (Phi) is 5.71. The number of carbonyl (C=O) groups is 2. The molecule has 0 aromatic heterocycles. The molecule has 0 bridgehead atoms. The van der Waals surface area contributed by atoms with Gasteiger partial charge in [0, 0.05) is 0 Å². The average Bonchev–Trinajstić information content (AvgIpc) is 2.62. The third-order valence-corrected chi connectivity index (χ3v) is 3.70. The Bertz CT molecular complexity index is 646. The van der Waals surface area contributed by atoms with E-state index < -0.39 is 23.5 Å². The van der Waals surface area contributed by atoms with Crippen molar-refractivity contribution in [2.75, 3.05) is 6.61 Å². The summed E-state index contributed by atoms with van der Waals surface area (Å²) in [7, 11) is 0. The molecule has 0 heterocycles. The van der Waals surface area contributed by atoms with Gasteiger partial charge in [-0.3, -0.25) is 4.79 Å². The van der Waals surface area contributed by atoms with E-state index in [1.54, 1.807) is 67.6 Å². The first-order valence-corrected chi connectivity index (χ1v) is 7.81. The van der Waals surface area contributed by atoms with E-state index in [9.17, 15) is 14.7 Å². The van der Waals surface area contributed by atoms with Crippen LogP contribution in [0.2, 0.25) is 0 Å². The Labute approximate surface area is 141 Å². The van der Waals surface area contributed by atoms with E-state index in [1.165, 1.54) is 6.92 Å². The summed E-state index contributed by atoms with van der Waals surface area (Å²) in [6.07, 6.45) is 0. The molecule has 0 aliphatic carbocycles. The van der Waals surface area contributed by atoms with Crippen LogP contribution in [0, 0.1) is 0 Å². The molecule has 1 atom stereocenters. The highest BCUT2D eigenvalue weighted by atomic mass is 16.5. The van der Waals surface area contributed by atoms with Gasteiger partial charge >= 0.3 is 5.97 Å². The van der Waals surface area contributed by atoms with Crippen LogP contribution in [0.25, 0.3) is 0 Å². The quantitative estimate of drug-likeness (QED) is 0.796. The number of carbonyl (C=O) groups excluding carboxylic acids is 2. The van der Waals surface area contributed by atoms with Crippen molar-refractivity contribution < 1.29 is 19.4 Å². The van der Waals surface area contributed by atoms with E-state index in [1.807, 2.05) is 0 Å². The topological polar surface area (TPSA) is 75.6 Å². The van der Waals surface area contributed by atoms with Gasteiger partial charge in [-0.15, -0.1) is 0 Å². The van der Waals surface area contributed by atoms with E-state index in [4.69, 9.17) is 4.74 Å². The van der Waals surface area contributed by atoms with Gasteiger partial charge in [-0.1, -0.05) is 60.7 Å². The van der Waals surface area contributed by atoms with Crippen molar-refractivity contribution in [3.63, 3.8) is 0 Å². The van der Waals surface area contributed by atoms with Gasteiger partial charge in [0.2, 0.25) is 0 Å². The fraction of sp³-hybridized carbons (Fsp3) is 0.263. The number of aliphatic hydroxyl groups is 1. The van der Waals surface area contributed by atoms with E-state index in [0.29, 0.717) is 11.1 Å². The highest BCUT2D eigenvalue weighted by Crippen LogP contribution is 2.30. The largest absolute Gasteiger partial charge is 0.464 e. The second kappa shape index (κ2) is 7.75. The van der Waals surface area contributed by atoms with Crippen LogP contribution in [-0.2, 0) is 19.9 Å². The number of amides is 1. The number of hydrogen-bond donors (Lipinski definition) is 2. The van der Waals surface area contributed by atoms with E-state index in [2.05, 4.69) is 5.32 Å². The predicted molar refractivity (Wildman–Crippen MR) is 90.1 cm³/mol. The first-order chi connectivity index (χ1) is 11.5. The van der Waals surface area contributed by atoms with E-state index in [0.717, 1.165) is 0 Å². The highest BCUT2D eigenvalue weighted by Gasteiger charge is 2.41. The fourth-order valence-corrected chi connectivity index (χ4v) is 2.41. The molecule has 0 aliphatic rings. The maximum absolute atomic E-state index is 12.8. The Balaban J connectivity index is 2.37. The summed E-state index contributed by atoms with van der Waals surface area (Å²) >= 11 is 0. The zero-order valence-electron chi connectivity index (χ0n) is 13.7. The van der Waals surface area contributed by atoms with Crippen molar-refractivity contribution in [1.82, 2.24) is 5.32 Å². The van der Waals surface area contributed by atoms with E-state index >= 15 is 0 Å². The number of esters is 1. The molecule has 2 aromatic rings. The lowest BCUT2D eigenvalue weighted by Gasteiger charge is -2.29. The van der Waals surface area contributed by atoms with Crippen LogP contribution in [0.1, 0.15) is 25.0 Å². The molecular formula is C19H21NO4. The highest BCUT2D eigenvalue weighted by molar-refractivity contribution is 5.93. The fourth-order valence-electron chi connectivity index (χ4n) is 2.41. The monoisotopic (exact) mass is 327 g/mol. The molecule has 0 aliphatic heterocycles. The molecule has 1 unspecified atom stereocenters. The lowest BCUT2D eigenvalue weighted by Crippen LogP contribution is -2.50. The Morgan fingerprint density at radius 2 is 1.50 bits per heavy atom. The maximum atomic E-state index is 12.8. The zero-order valence-corrected chi connectivity index (χ0v) is 13.7. The second-order valence-electron chi connectivity index (χ2n) is 5.39. The molecule has 0 saturated heterocycles. The molecule has 0 saturated carbocycles. The SMILES string of the molecule is CCOC(=O)C(C)NC(=O)C(O)(c1ccccc1)c1ccccc1. The van der Waals surface area contributed by atoms with Crippen LogP contribution in [0.4, 0.5) is 0 Å².